The summed E-state index contributed by atoms with van der Waals surface area (Å²) < 4.78 is 2.17. The molecule has 0 aliphatic rings. The van der Waals surface area contributed by atoms with Crippen LogP contribution in [-0.4, -0.2) is 16.3 Å². The second-order valence-corrected chi connectivity index (χ2v) is 5.34. The van der Waals surface area contributed by atoms with Crippen LogP contribution in [-0.2, 0) is 6.54 Å². The van der Waals surface area contributed by atoms with Gasteiger partial charge in [-0.05, 0) is 31.9 Å². The Morgan fingerprint density at radius 2 is 1.95 bits per heavy atom. The highest BCUT2D eigenvalue weighted by atomic mass is 15.3. The summed E-state index contributed by atoms with van der Waals surface area (Å²) in [5.41, 5.74) is 1.37. The molecule has 110 valence electrons. The number of hydrogen-bond acceptors (Lipinski definition) is 2. The predicted molar refractivity (Wildman–Crippen MR) is 82.3 cm³/mol. The van der Waals surface area contributed by atoms with Crippen LogP contribution in [0.1, 0.15) is 77.5 Å². The quantitative estimate of drug-likeness (QED) is 0.604. The maximum Gasteiger partial charge on any atom is 0.0553 e. The first-order valence-corrected chi connectivity index (χ1v) is 8.08. The van der Waals surface area contributed by atoms with Crippen LogP contribution in [0.5, 0.6) is 0 Å². The van der Waals surface area contributed by atoms with Gasteiger partial charge in [0.1, 0.15) is 0 Å². The molecular formula is C16H31N3. The van der Waals surface area contributed by atoms with E-state index in [4.69, 9.17) is 0 Å². The number of nitrogens with one attached hydrogen (secondary N) is 1. The number of unbranched alkanes of at least 4 members (excludes halogenated alkanes) is 3. The van der Waals surface area contributed by atoms with E-state index >= 15 is 0 Å². The van der Waals surface area contributed by atoms with Crippen molar-refractivity contribution in [2.24, 2.45) is 0 Å². The van der Waals surface area contributed by atoms with Gasteiger partial charge in [-0.2, -0.15) is 5.10 Å². The maximum atomic E-state index is 4.46. The fraction of sp³-hybridized carbons (Fsp3) is 0.812. The lowest BCUT2D eigenvalue weighted by Gasteiger charge is -2.20. The molecule has 0 saturated carbocycles. The molecule has 0 spiro atoms. The summed E-state index contributed by atoms with van der Waals surface area (Å²) in [6.07, 6.45) is 10.8. The van der Waals surface area contributed by atoms with Gasteiger partial charge >= 0.3 is 0 Å². The minimum Gasteiger partial charge on any atom is -0.309 e. The fourth-order valence-corrected chi connectivity index (χ4v) is 2.49. The Morgan fingerprint density at radius 3 is 2.63 bits per heavy atom. The molecule has 1 rings (SSSR count). The van der Waals surface area contributed by atoms with Crippen molar-refractivity contribution in [1.82, 2.24) is 15.1 Å². The van der Waals surface area contributed by atoms with Crippen LogP contribution >= 0.6 is 0 Å². The zero-order valence-electron chi connectivity index (χ0n) is 13.0. The van der Waals surface area contributed by atoms with E-state index in [1.54, 1.807) is 0 Å². The van der Waals surface area contributed by atoms with Gasteiger partial charge in [0.05, 0.1) is 5.69 Å². The van der Waals surface area contributed by atoms with E-state index < -0.39 is 0 Å². The average molecular weight is 265 g/mol. The van der Waals surface area contributed by atoms with Gasteiger partial charge in [0.2, 0.25) is 0 Å². The second-order valence-electron chi connectivity index (χ2n) is 5.34. The first kappa shape index (κ1) is 16.2. The Balaban J connectivity index is 2.57. The van der Waals surface area contributed by atoms with Crippen LogP contribution < -0.4 is 5.32 Å². The Morgan fingerprint density at radius 1 is 1.11 bits per heavy atom. The highest BCUT2D eigenvalue weighted by Crippen LogP contribution is 2.20. The van der Waals surface area contributed by atoms with Crippen molar-refractivity contribution in [2.45, 2.75) is 78.3 Å². The van der Waals surface area contributed by atoms with Crippen molar-refractivity contribution < 1.29 is 0 Å². The molecule has 0 fully saturated rings. The van der Waals surface area contributed by atoms with E-state index in [0.29, 0.717) is 6.04 Å². The van der Waals surface area contributed by atoms with Gasteiger partial charge in [-0.15, -0.1) is 0 Å². The van der Waals surface area contributed by atoms with Crippen molar-refractivity contribution in [1.29, 1.82) is 0 Å². The van der Waals surface area contributed by atoms with Crippen molar-refractivity contribution >= 4 is 0 Å². The van der Waals surface area contributed by atoms with Gasteiger partial charge < -0.3 is 5.32 Å². The van der Waals surface area contributed by atoms with Crippen molar-refractivity contribution in [3.05, 3.63) is 18.0 Å². The molecule has 1 unspecified atom stereocenters. The summed E-state index contributed by atoms with van der Waals surface area (Å²) in [5, 5.41) is 8.14. The Labute approximate surface area is 118 Å². The molecule has 1 heterocycles. The van der Waals surface area contributed by atoms with Crippen LogP contribution in [0.25, 0.3) is 0 Å². The highest BCUT2D eigenvalue weighted by Gasteiger charge is 2.14. The molecule has 3 nitrogen and oxygen atoms in total. The molecule has 0 aromatic carbocycles. The van der Waals surface area contributed by atoms with Gasteiger partial charge in [0, 0.05) is 18.8 Å². The fourth-order valence-electron chi connectivity index (χ4n) is 2.49. The topological polar surface area (TPSA) is 29.9 Å². The van der Waals surface area contributed by atoms with E-state index in [9.17, 15) is 0 Å². The molecule has 1 atom stereocenters. The lowest BCUT2D eigenvalue weighted by molar-refractivity contribution is 0.431. The third-order valence-corrected chi connectivity index (χ3v) is 3.53. The lowest BCUT2D eigenvalue weighted by Crippen LogP contribution is -2.25. The minimum atomic E-state index is 0.478. The molecule has 0 radical (unpaired) electrons. The van der Waals surface area contributed by atoms with E-state index in [2.05, 4.69) is 41.9 Å². The first-order valence-electron chi connectivity index (χ1n) is 8.08. The van der Waals surface area contributed by atoms with E-state index in [-0.39, 0.29) is 0 Å². The van der Waals surface area contributed by atoms with Crippen LogP contribution in [0.3, 0.4) is 0 Å². The van der Waals surface area contributed by atoms with Gasteiger partial charge in [-0.1, -0.05) is 46.5 Å². The molecule has 0 amide bonds. The third-order valence-electron chi connectivity index (χ3n) is 3.53. The first-order chi connectivity index (χ1) is 9.33. The average Bonchev–Trinajstić information content (AvgIpc) is 2.87. The minimum absolute atomic E-state index is 0.478. The molecule has 0 saturated heterocycles. The monoisotopic (exact) mass is 265 g/mol. The smallest absolute Gasteiger partial charge is 0.0553 e. The number of aromatic nitrogens is 2. The van der Waals surface area contributed by atoms with Crippen molar-refractivity contribution in [3.8, 4) is 0 Å². The zero-order valence-corrected chi connectivity index (χ0v) is 13.0. The van der Waals surface area contributed by atoms with Gasteiger partial charge in [-0.25, -0.2) is 0 Å². The molecule has 1 N–H and O–H groups in total. The molecule has 0 aliphatic carbocycles. The standard InChI is InChI=1S/C16H31N3/c1-4-7-8-9-10-15(17-12-5-2)16-11-13-18-19(16)14-6-3/h11,13,15,17H,4-10,12,14H2,1-3H3. The van der Waals surface area contributed by atoms with Crippen molar-refractivity contribution in [2.75, 3.05) is 6.54 Å². The molecule has 3 heteroatoms. The van der Waals surface area contributed by atoms with E-state index in [1.807, 2.05) is 6.20 Å². The van der Waals surface area contributed by atoms with E-state index in [0.717, 1.165) is 19.5 Å². The zero-order chi connectivity index (χ0) is 13.9. The number of hydrogen-bond donors (Lipinski definition) is 1. The highest BCUT2D eigenvalue weighted by molar-refractivity contribution is 5.07. The Kier molecular flexibility index (Phi) is 8.55. The Hall–Kier alpha value is -0.830. The summed E-state index contributed by atoms with van der Waals surface area (Å²) in [7, 11) is 0. The second kappa shape index (κ2) is 10.0. The summed E-state index contributed by atoms with van der Waals surface area (Å²) in [6, 6.07) is 2.66. The lowest BCUT2D eigenvalue weighted by atomic mass is 10.0. The molecule has 0 aliphatic heterocycles. The molecule has 1 aromatic rings. The van der Waals surface area contributed by atoms with Crippen LogP contribution in [0.2, 0.25) is 0 Å². The molecule has 19 heavy (non-hydrogen) atoms. The van der Waals surface area contributed by atoms with Gasteiger partial charge in [0.15, 0.2) is 0 Å². The van der Waals surface area contributed by atoms with Crippen molar-refractivity contribution in [3.63, 3.8) is 0 Å². The van der Waals surface area contributed by atoms with E-state index in [1.165, 1.54) is 44.2 Å². The number of rotatable bonds is 11. The van der Waals surface area contributed by atoms with Crippen LogP contribution in [0, 0.1) is 0 Å². The summed E-state index contributed by atoms with van der Waals surface area (Å²) in [6.45, 7) is 8.83. The predicted octanol–water partition coefficient (Wildman–Crippen LogP) is 4.30. The number of aryl methyl sites for hydroxylation is 1. The normalized spacial score (nSPS) is 12.8. The molecule has 0 bridgehead atoms. The van der Waals surface area contributed by atoms with Gasteiger partial charge in [-0.3, -0.25) is 4.68 Å². The van der Waals surface area contributed by atoms with Crippen LogP contribution in [0.15, 0.2) is 12.3 Å². The van der Waals surface area contributed by atoms with Crippen LogP contribution in [0.4, 0.5) is 0 Å². The summed E-state index contributed by atoms with van der Waals surface area (Å²) in [5.74, 6) is 0. The SMILES string of the molecule is CCCCCCC(NCCC)c1ccnn1CCC. The largest absolute Gasteiger partial charge is 0.309 e. The maximum absolute atomic E-state index is 4.46. The third kappa shape index (κ3) is 5.77. The summed E-state index contributed by atoms with van der Waals surface area (Å²) in [4.78, 5) is 0. The molecular weight excluding hydrogens is 234 g/mol. The number of nitrogens with zero attached hydrogens (tertiary/aromatic N) is 2. The summed E-state index contributed by atoms with van der Waals surface area (Å²) >= 11 is 0. The van der Waals surface area contributed by atoms with Gasteiger partial charge in [0.25, 0.3) is 0 Å². The molecule has 1 aromatic heterocycles. The Bertz CT molecular complexity index is 320.